The van der Waals surface area contributed by atoms with E-state index in [0.717, 1.165) is 19.3 Å². The van der Waals surface area contributed by atoms with Gasteiger partial charge >= 0.3 is 6.18 Å². The van der Waals surface area contributed by atoms with Gasteiger partial charge in [-0.15, -0.1) is 0 Å². The van der Waals surface area contributed by atoms with E-state index in [-0.39, 0.29) is 0 Å². The number of hydrogen-bond acceptors (Lipinski definition) is 0. The number of aryl methyl sites for hydroxylation is 2. The Labute approximate surface area is 107 Å². The molecular weight excluding hydrogens is 237 g/mol. The van der Waals surface area contributed by atoms with Crippen molar-refractivity contribution in [1.82, 2.24) is 0 Å². The van der Waals surface area contributed by atoms with Gasteiger partial charge < -0.3 is 0 Å². The average molecular weight is 258 g/mol. The molecular formula is C15H21F3. The summed E-state index contributed by atoms with van der Waals surface area (Å²) in [5.74, 6) is 0.521. The Bertz CT molecular complexity index is 376. The first kappa shape index (κ1) is 15.1. The normalized spacial score (nSPS) is 12.2. The van der Waals surface area contributed by atoms with E-state index in [1.807, 2.05) is 0 Å². The van der Waals surface area contributed by atoms with Crippen LogP contribution in [0, 0.1) is 12.8 Å². The molecule has 0 bridgehead atoms. The molecule has 3 heteroatoms. The summed E-state index contributed by atoms with van der Waals surface area (Å²) >= 11 is 0. The zero-order valence-electron chi connectivity index (χ0n) is 11.3. The minimum Gasteiger partial charge on any atom is -0.166 e. The Balaban J connectivity index is 2.88. The summed E-state index contributed by atoms with van der Waals surface area (Å²) in [5, 5.41) is 0. The molecule has 0 radical (unpaired) electrons. The summed E-state index contributed by atoms with van der Waals surface area (Å²) in [6, 6.07) is 4.64. The van der Waals surface area contributed by atoms with Crippen LogP contribution in [0.25, 0.3) is 0 Å². The summed E-state index contributed by atoms with van der Waals surface area (Å²) in [5.41, 5.74) is 0.627. The van der Waals surface area contributed by atoms with E-state index in [9.17, 15) is 13.2 Å². The average Bonchev–Trinajstić information content (AvgIpc) is 2.30. The fourth-order valence-electron chi connectivity index (χ4n) is 2.23. The highest BCUT2D eigenvalue weighted by atomic mass is 19.4. The van der Waals surface area contributed by atoms with Gasteiger partial charge in [0, 0.05) is 0 Å². The molecule has 0 atom stereocenters. The second-order valence-corrected chi connectivity index (χ2v) is 4.88. The van der Waals surface area contributed by atoms with E-state index in [1.165, 1.54) is 6.07 Å². The Kier molecular flexibility index (Phi) is 5.24. The standard InChI is InChI=1S/C15H21F3/c1-4-12(5-2)7-9-13-8-6-11(3)10-14(13)15(16,17)18/h6,8,10,12H,4-5,7,9H2,1-3H3. The van der Waals surface area contributed by atoms with Gasteiger partial charge in [0.1, 0.15) is 0 Å². The third-order valence-electron chi connectivity index (χ3n) is 3.55. The molecule has 0 aromatic heterocycles. The third kappa shape index (κ3) is 4.04. The molecule has 0 spiro atoms. The second kappa shape index (κ2) is 6.26. The van der Waals surface area contributed by atoms with E-state index in [0.29, 0.717) is 23.5 Å². The van der Waals surface area contributed by atoms with Gasteiger partial charge in [-0.1, -0.05) is 44.4 Å². The Morgan fingerprint density at radius 1 is 1.11 bits per heavy atom. The molecule has 0 heterocycles. The summed E-state index contributed by atoms with van der Waals surface area (Å²) in [7, 11) is 0. The van der Waals surface area contributed by atoms with Crippen molar-refractivity contribution in [3.8, 4) is 0 Å². The molecule has 1 aromatic carbocycles. The van der Waals surface area contributed by atoms with E-state index in [1.54, 1.807) is 19.1 Å². The molecule has 0 unspecified atom stereocenters. The van der Waals surface area contributed by atoms with Crippen LogP contribution in [0.5, 0.6) is 0 Å². The van der Waals surface area contributed by atoms with Crippen LogP contribution < -0.4 is 0 Å². The van der Waals surface area contributed by atoms with Crippen molar-refractivity contribution in [2.24, 2.45) is 5.92 Å². The molecule has 0 amide bonds. The van der Waals surface area contributed by atoms with Crippen molar-refractivity contribution in [3.63, 3.8) is 0 Å². The fraction of sp³-hybridized carbons (Fsp3) is 0.600. The molecule has 0 N–H and O–H groups in total. The van der Waals surface area contributed by atoms with Gasteiger partial charge in [-0.2, -0.15) is 13.2 Å². The van der Waals surface area contributed by atoms with Crippen LogP contribution in [-0.2, 0) is 12.6 Å². The molecule has 0 aliphatic rings. The van der Waals surface area contributed by atoms with Gasteiger partial charge in [-0.3, -0.25) is 0 Å². The summed E-state index contributed by atoms with van der Waals surface area (Å²) in [6.07, 6.45) is -0.830. The quantitative estimate of drug-likeness (QED) is 0.665. The van der Waals surface area contributed by atoms with Crippen molar-refractivity contribution >= 4 is 0 Å². The number of rotatable bonds is 5. The lowest BCUT2D eigenvalue weighted by molar-refractivity contribution is -0.138. The molecule has 102 valence electrons. The lowest BCUT2D eigenvalue weighted by atomic mass is 9.92. The minimum absolute atomic E-state index is 0.431. The molecule has 0 nitrogen and oxygen atoms in total. The maximum absolute atomic E-state index is 12.9. The van der Waals surface area contributed by atoms with E-state index < -0.39 is 11.7 Å². The highest BCUT2D eigenvalue weighted by Gasteiger charge is 2.33. The summed E-state index contributed by atoms with van der Waals surface area (Å²) in [6.45, 7) is 5.88. The molecule has 0 saturated heterocycles. The Morgan fingerprint density at radius 2 is 1.72 bits per heavy atom. The maximum atomic E-state index is 12.9. The van der Waals surface area contributed by atoms with Crippen LogP contribution in [0.15, 0.2) is 18.2 Å². The van der Waals surface area contributed by atoms with Crippen LogP contribution >= 0.6 is 0 Å². The predicted molar refractivity (Wildman–Crippen MR) is 68.6 cm³/mol. The van der Waals surface area contributed by atoms with Crippen LogP contribution in [0.2, 0.25) is 0 Å². The minimum atomic E-state index is -4.24. The predicted octanol–water partition coefficient (Wildman–Crippen LogP) is 5.38. The lowest BCUT2D eigenvalue weighted by Crippen LogP contribution is -2.11. The van der Waals surface area contributed by atoms with Gasteiger partial charge in [0.15, 0.2) is 0 Å². The smallest absolute Gasteiger partial charge is 0.166 e. The van der Waals surface area contributed by atoms with E-state index in [4.69, 9.17) is 0 Å². The molecule has 18 heavy (non-hydrogen) atoms. The second-order valence-electron chi connectivity index (χ2n) is 4.88. The number of benzene rings is 1. The van der Waals surface area contributed by atoms with Crippen molar-refractivity contribution in [2.75, 3.05) is 0 Å². The molecule has 0 aliphatic heterocycles. The van der Waals surface area contributed by atoms with Gasteiger partial charge in [-0.25, -0.2) is 0 Å². The van der Waals surface area contributed by atoms with Crippen molar-refractivity contribution in [3.05, 3.63) is 34.9 Å². The molecule has 0 fully saturated rings. The van der Waals surface area contributed by atoms with Crippen LogP contribution in [0.1, 0.15) is 49.8 Å². The first-order valence-electron chi connectivity index (χ1n) is 6.55. The van der Waals surface area contributed by atoms with Crippen molar-refractivity contribution in [1.29, 1.82) is 0 Å². The van der Waals surface area contributed by atoms with Gasteiger partial charge in [0.05, 0.1) is 5.56 Å². The largest absolute Gasteiger partial charge is 0.416 e. The zero-order chi connectivity index (χ0) is 13.8. The Hall–Kier alpha value is -0.990. The first-order valence-corrected chi connectivity index (χ1v) is 6.55. The van der Waals surface area contributed by atoms with Crippen LogP contribution in [0.4, 0.5) is 13.2 Å². The van der Waals surface area contributed by atoms with Crippen LogP contribution in [-0.4, -0.2) is 0 Å². The third-order valence-corrected chi connectivity index (χ3v) is 3.55. The number of alkyl halides is 3. The van der Waals surface area contributed by atoms with Crippen molar-refractivity contribution in [2.45, 2.75) is 52.6 Å². The first-order chi connectivity index (χ1) is 8.38. The van der Waals surface area contributed by atoms with Crippen LogP contribution in [0.3, 0.4) is 0 Å². The van der Waals surface area contributed by atoms with Gasteiger partial charge in [-0.05, 0) is 37.3 Å². The van der Waals surface area contributed by atoms with Crippen molar-refractivity contribution < 1.29 is 13.2 Å². The molecule has 1 aromatic rings. The van der Waals surface area contributed by atoms with E-state index in [2.05, 4.69) is 13.8 Å². The number of hydrogen-bond donors (Lipinski definition) is 0. The van der Waals surface area contributed by atoms with E-state index >= 15 is 0 Å². The fourth-order valence-corrected chi connectivity index (χ4v) is 2.23. The maximum Gasteiger partial charge on any atom is 0.416 e. The summed E-state index contributed by atoms with van der Waals surface area (Å²) < 4.78 is 38.7. The monoisotopic (exact) mass is 258 g/mol. The highest BCUT2D eigenvalue weighted by Crippen LogP contribution is 2.33. The molecule has 1 rings (SSSR count). The zero-order valence-corrected chi connectivity index (χ0v) is 11.3. The lowest BCUT2D eigenvalue weighted by Gasteiger charge is -2.16. The highest BCUT2D eigenvalue weighted by molar-refractivity contribution is 5.33. The topological polar surface area (TPSA) is 0 Å². The van der Waals surface area contributed by atoms with Gasteiger partial charge in [0.25, 0.3) is 0 Å². The number of halogens is 3. The molecule has 0 saturated carbocycles. The van der Waals surface area contributed by atoms with Gasteiger partial charge in [0.2, 0.25) is 0 Å². The Morgan fingerprint density at radius 3 is 2.22 bits per heavy atom. The SMILES string of the molecule is CCC(CC)CCc1ccc(C)cc1C(F)(F)F. The summed E-state index contributed by atoms with van der Waals surface area (Å²) in [4.78, 5) is 0. The molecule has 0 aliphatic carbocycles.